The van der Waals surface area contributed by atoms with Crippen LogP contribution in [0, 0.1) is 0 Å². The molecule has 0 radical (unpaired) electrons. The largest absolute Gasteiger partial charge is 0.364 e. The topological polar surface area (TPSA) is 55.1 Å². The first kappa shape index (κ1) is 9.24. The van der Waals surface area contributed by atoms with Gasteiger partial charge in [-0.3, -0.25) is 4.79 Å². The summed E-state index contributed by atoms with van der Waals surface area (Å²) in [5, 5.41) is 6.48. The summed E-state index contributed by atoms with van der Waals surface area (Å²) < 4.78 is 4.61. The highest BCUT2D eigenvalue weighted by atomic mass is 16.5. The molecule has 1 aliphatic carbocycles. The number of amides is 1. The molecule has 2 rings (SSSR count). The van der Waals surface area contributed by atoms with Crippen molar-refractivity contribution in [3.63, 3.8) is 0 Å². The van der Waals surface area contributed by atoms with E-state index in [2.05, 4.69) is 15.0 Å². The van der Waals surface area contributed by atoms with Crippen molar-refractivity contribution >= 4 is 5.91 Å². The molecule has 4 heteroatoms. The first-order valence-corrected chi connectivity index (χ1v) is 5.06. The minimum Gasteiger partial charge on any atom is -0.364 e. The number of rotatable bonds is 2. The molecule has 76 valence electrons. The van der Waals surface area contributed by atoms with Crippen molar-refractivity contribution < 1.29 is 9.32 Å². The van der Waals surface area contributed by atoms with Crippen LogP contribution in [0.3, 0.4) is 0 Å². The Balaban J connectivity index is 1.87. The van der Waals surface area contributed by atoms with Gasteiger partial charge in [0.1, 0.15) is 6.26 Å². The van der Waals surface area contributed by atoms with Crippen LogP contribution in [0.25, 0.3) is 0 Å². The molecule has 1 aromatic rings. The van der Waals surface area contributed by atoms with Crippen LogP contribution >= 0.6 is 0 Å². The van der Waals surface area contributed by atoms with Gasteiger partial charge in [-0.05, 0) is 12.8 Å². The molecule has 0 atom stereocenters. The van der Waals surface area contributed by atoms with Crippen molar-refractivity contribution in [2.45, 2.75) is 38.1 Å². The fourth-order valence-corrected chi connectivity index (χ4v) is 1.83. The highest BCUT2D eigenvalue weighted by Gasteiger charge is 2.17. The number of aromatic nitrogens is 1. The summed E-state index contributed by atoms with van der Waals surface area (Å²) in [4.78, 5) is 11.6. The van der Waals surface area contributed by atoms with Crippen molar-refractivity contribution in [1.29, 1.82) is 0 Å². The average Bonchev–Trinajstić information content (AvgIpc) is 2.72. The average molecular weight is 194 g/mol. The number of carbonyl (C=O) groups excluding carboxylic acids is 1. The molecule has 0 aromatic carbocycles. The highest BCUT2D eigenvalue weighted by molar-refractivity contribution is 5.93. The number of hydrogen-bond acceptors (Lipinski definition) is 3. The SMILES string of the molecule is O=C(NC1CCCCC1)c1cnoc1. The molecule has 0 aliphatic heterocycles. The molecule has 0 spiro atoms. The van der Waals surface area contributed by atoms with Gasteiger partial charge in [-0.15, -0.1) is 0 Å². The molecular formula is C10H14N2O2. The van der Waals surface area contributed by atoms with E-state index in [1.807, 2.05) is 0 Å². The van der Waals surface area contributed by atoms with E-state index in [1.165, 1.54) is 31.7 Å². The molecule has 14 heavy (non-hydrogen) atoms. The second kappa shape index (κ2) is 4.26. The fraction of sp³-hybridized carbons (Fsp3) is 0.600. The predicted octanol–water partition coefficient (Wildman–Crippen LogP) is 1.74. The van der Waals surface area contributed by atoms with E-state index in [1.54, 1.807) is 0 Å². The summed E-state index contributed by atoms with van der Waals surface area (Å²) in [7, 11) is 0. The third-order valence-electron chi connectivity index (χ3n) is 2.63. The van der Waals surface area contributed by atoms with Crippen LogP contribution in [0.1, 0.15) is 42.5 Å². The van der Waals surface area contributed by atoms with Crippen LogP contribution in [0.5, 0.6) is 0 Å². The summed E-state index contributed by atoms with van der Waals surface area (Å²) in [5.74, 6) is -0.0712. The highest BCUT2D eigenvalue weighted by Crippen LogP contribution is 2.17. The molecule has 0 bridgehead atoms. The summed E-state index contributed by atoms with van der Waals surface area (Å²) in [6, 6.07) is 0.339. The van der Waals surface area contributed by atoms with E-state index in [0.29, 0.717) is 11.6 Å². The van der Waals surface area contributed by atoms with Crippen LogP contribution < -0.4 is 5.32 Å². The van der Waals surface area contributed by atoms with E-state index in [4.69, 9.17) is 0 Å². The number of hydrogen-bond donors (Lipinski definition) is 1. The maximum atomic E-state index is 11.6. The lowest BCUT2D eigenvalue weighted by Crippen LogP contribution is -2.35. The van der Waals surface area contributed by atoms with Crippen molar-refractivity contribution in [3.05, 3.63) is 18.0 Å². The quantitative estimate of drug-likeness (QED) is 0.780. The molecule has 4 nitrogen and oxygen atoms in total. The summed E-state index contributed by atoms with van der Waals surface area (Å²) in [6.07, 6.45) is 8.73. The van der Waals surface area contributed by atoms with Crippen LogP contribution in [-0.2, 0) is 0 Å². The lowest BCUT2D eigenvalue weighted by Gasteiger charge is -2.22. The third kappa shape index (κ3) is 2.13. The second-order valence-electron chi connectivity index (χ2n) is 3.72. The Bertz CT molecular complexity index is 289. The number of nitrogens with zero attached hydrogens (tertiary/aromatic N) is 1. The van der Waals surface area contributed by atoms with Crippen LogP contribution in [0.4, 0.5) is 0 Å². The van der Waals surface area contributed by atoms with E-state index < -0.39 is 0 Å². The zero-order chi connectivity index (χ0) is 9.80. The van der Waals surface area contributed by atoms with E-state index >= 15 is 0 Å². The van der Waals surface area contributed by atoms with E-state index in [9.17, 15) is 4.79 Å². The fourth-order valence-electron chi connectivity index (χ4n) is 1.83. The second-order valence-corrected chi connectivity index (χ2v) is 3.72. The van der Waals surface area contributed by atoms with Gasteiger partial charge < -0.3 is 9.84 Å². The van der Waals surface area contributed by atoms with Crippen molar-refractivity contribution in [1.82, 2.24) is 10.5 Å². The van der Waals surface area contributed by atoms with Gasteiger partial charge >= 0.3 is 0 Å². The Labute approximate surface area is 82.7 Å². The monoisotopic (exact) mass is 194 g/mol. The maximum Gasteiger partial charge on any atom is 0.256 e. The number of nitrogens with one attached hydrogen (secondary N) is 1. The molecule has 1 fully saturated rings. The smallest absolute Gasteiger partial charge is 0.256 e. The van der Waals surface area contributed by atoms with E-state index in [0.717, 1.165) is 12.8 Å². The van der Waals surface area contributed by atoms with Crippen molar-refractivity contribution in [2.75, 3.05) is 0 Å². The van der Waals surface area contributed by atoms with Gasteiger partial charge in [-0.25, -0.2) is 0 Å². The molecule has 0 saturated heterocycles. The maximum absolute atomic E-state index is 11.6. The van der Waals surface area contributed by atoms with Crippen molar-refractivity contribution in [2.24, 2.45) is 0 Å². The molecule has 1 amide bonds. The van der Waals surface area contributed by atoms with Gasteiger partial charge in [0.25, 0.3) is 5.91 Å². The molecule has 1 aromatic heterocycles. The van der Waals surface area contributed by atoms with Gasteiger partial charge in [0, 0.05) is 6.04 Å². The Morgan fingerprint density at radius 2 is 2.21 bits per heavy atom. The Morgan fingerprint density at radius 1 is 1.43 bits per heavy atom. The van der Waals surface area contributed by atoms with Gasteiger partial charge in [-0.2, -0.15) is 0 Å². The predicted molar refractivity (Wildman–Crippen MR) is 50.8 cm³/mol. The normalized spacial score (nSPS) is 18.0. The lowest BCUT2D eigenvalue weighted by molar-refractivity contribution is 0.0927. The lowest BCUT2D eigenvalue weighted by atomic mass is 9.95. The minimum absolute atomic E-state index is 0.0712. The zero-order valence-electron chi connectivity index (χ0n) is 8.03. The molecule has 1 heterocycles. The molecule has 1 N–H and O–H groups in total. The first-order valence-electron chi connectivity index (χ1n) is 5.06. The van der Waals surface area contributed by atoms with Gasteiger partial charge in [0.15, 0.2) is 0 Å². The standard InChI is InChI=1S/C10H14N2O2/c13-10(8-6-11-14-7-8)12-9-4-2-1-3-5-9/h6-7,9H,1-5H2,(H,12,13). The Hall–Kier alpha value is -1.32. The van der Waals surface area contributed by atoms with Crippen LogP contribution in [0.15, 0.2) is 17.0 Å². The zero-order valence-corrected chi connectivity index (χ0v) is 8.03. The number of carbonyl (C=O) groups is 1. The first-order chi connectivity index (χ1) is 6.86. The third-order valence-corrected chi connectivity index (χ3v) is 2.63. The summed E-state index contributed by atoms with van der Waals surface area (Å²) in [6.45, 7) is 0. The van der Waals surface area contributed by atoms with Gasteiger partial charge in [0.2, 0.25) is 0 Å². The Morgan fingerprint density at radius 3 is 2.86 bits per heavy atom. The summed E-state index contributed by atoms with van der Waals surface area (Å²) >= 11 is 0. The molecular weight excluding hydrogens is 180 g/mol. The molecule has 1 aliphatic rings. The van der Waals surface area contributed by atoms with E-state index in [-0.39, 0.29) is 5.91 Å². The van der Waals surface area contributed by atoms with Crippen molar-refractivity contribution in [3.8, 4) is 0 Å². The minimum atomic E-state index is -0.0712. The Kier molecular flexibility index (Phi) is 2.81. The summed E-state index contributed by atoms with van der Waals surface area (Å²) in [5.41, 5.74) is 0.510. The van der Waals surface area contributed by atoms with Crippen LogP contribution in [-0.4, -0.2) is 17.1 Å². The molecule has 0 unspecified atom stereocenters. The van der Waals surface area contributed by atoms with Crippen LogP contribution in [0.2, 0.25) is 0 Å². The molecule has 1 saturated carbocycles. The van der Waals surface area contributed by atoms with Gasteiger partial charge in [0.05, 0.1) is 11.8 Å². The van der Waals surface area contributed by atoms with Gasteiger partial charge in [-0.1, -0.05) is 24.4 Å².